The van der Waals surface area contributed by atoms with Crippen LogP contribution in [0.2, 0.25) is 0 Å². The first kappa shape index (κ1) is 26.7. The number of thioether (sulfide) groups is 1. The Balaban J connectivity index is 1.51. The Hall–Kier alpha value is -3.38. The van der Waals surface area contributed by atoms with Crippen molar-refractivity contribution in [3.63, 3.8) is 0 Å². The largest absolute Gasteiger partial charge is 0.462 e. The number of esters is 1. The monoisotopic (exact) mass is 551 g/mol. The predicted molar refractivity (Wildman–Crippen MR) is 147 cm³/mol. The van der Waals surface area contributed by atoms with E-state index in [-0.39, 0.29) is 35.9 Å². The van der Waals surface area contributed by atoms with Gasteiger partial charge in [0.25, 0.3) is 0 Å². The molecule has 11 heteroatoms. The van der Waals surface area contributed by atoms with Crippen LogP contribution in [0.3, 0.4) is 0 Å². The van der Waals surface area contributed by atoms with Gasteiger partial charge in [-0.3, -0.25) is 4.79 Å². The molecule has 0 aromatic carbocycles. The molecule has 37 heavy (non-hydrogen) atoms. The van der Waals surface area contributed by atoms with Gasteiger partial charge in [-0.25, -0.2) is 9.78 Å². The Morgan fingerprint density at radius 2 is 2.00 bits per heavy atom. The molecule has 3 aromatic rings. The number of carbonyl (C=O) groups excluding carboxylic acids is 2. The molecule has 0 fully saturated rings. The van der Waals surface area contributed by atoms with E-state index in [9.17, 15) is 20.1 Å². The zero-order valence-electron chi connectivity index (χ0n) is 20.3. The standard InChI is InChI=1S/C26H25N5O3S3/c1-2-34-26(33)22-16-6-4-3-5-7-19(16)37-25(22)30-20(32)9-11-36-24-18(13-28)21(15-8-10-35-14-15)17(12-27)23(29)31-24/h8,10,14H,2-7,9,11H2,1H3,(H2,29,31)(H,30,32). The fourth-order valence-corrected chi connectivity index (χ4v) is 7.15. The molecule has 1 amide bonds. The highest BCUT2D eigenvalue weighted by atomic mass is 32.2. The van der Waals surface area contributed by atoms with E-state index in [1.807, 2.05) is 16.8 Å². The average molecular weight is 552 g/mol. The Morgan fingerprint density at radius 1 is 1.22 bits per heavy atom. The zero-order valence-corrected chi connectivity index (χ0v) is 22.7. The topological polar surface area (TPSA) is 142 Å². The summed E-state index contributed by atoms with van der Waals surface area (Å²) >= 11 is 4.15. The van der Waals surface area contributed by atoms with Gasteiger partial charge in [-0.15, -0.1) is 23.1 Å². The number of thiophene rings is 2. The van der Waals surface area contributed by atoms with E-state index >= 15 is 0 Å². The van der Waals surface area contributed by atoms with Gasteiger partial charge in [-0.1, -0.05) is 6.42 Å². The van der Waals surface area contributed by atoms with Gasteiger partial charge < -0.3 is 15.8 Å². The lowest BCUT2D eigenvalue weighted by atomic mass is 9.99. The van der Waals surface area contributed by atoms with Gasteiger partial charge in [-0.05, 0) is 60.6 Å². The molecule has 4 rings (SSSR count). The fraction of sp³-hybridized carbons (Fsp3) is 0.346. The van der Waals surface area contributed by atoms with Gasteiger partial charge in [0.1, 0.15) is 33.5 Å². The summed E-state index contributed by atoms with van der Waals surface area (Å²) in [7, 11) is 0. The van der Waals surface area contributed by atoms with E-state index in [0.29, 0.717) is 26.9 Å². The number of hydrogen-bond donors (Lipinski definition) is 2. The van der Waals surface area contributed by atoms with Gasteiger partial charge in [0.2, 0.25) is 5.91 Å². The number of nitrogen functional groups attached to an aromatic ring is 1. The smallest absolute Gasteiger partial charge is 0.341 e. The molecule has 0 unspecified atom stereocenters. The summed E-state index contributed by atoms with van der Waals surface area (Å²) in [5.41, 5.74) is 9.16. The number of amides is 1. The van der Waals surface area contributed by atoms with Crippen molar-refractivity contribution in [1.82, 2.24) is 4.98 Å². The van der Waals surface area contributed by atoms with Gasteiger partial charge in [-0.2, -0.15) is 21.9 Å². The molecule has 3 heterocycles. The summed E-state index contributed by atoms with van der Waals surface area (Å²) < 4.78 is 5.29. The van der Waals surface area contributed by atoms with Gasteiger partial charge in [0.05, 0.1) is 17.7 Å². The number of nitrogens with zero attached hydrogens (tertiary/aromatic N) is 3. The second-order valence-corrected chi connectivity index (χ2v) is 11.3. The van der Waals surface area contributed by atoms with Crippen molar-refractivity contribution in [2.45, 2.75) is 50.5 Å². The molecule has 1 aliphatic carbocycles. The van der Waals surface area contributed by atoms with E-state index in [1.54, 1.807) is 6.92 Å². The van der Waals surface area contributed by atoms with Crippen molar-refractivity contribution >= 4 is 57.1 Å². The average Bonchev–Trinajstić information content (AvgIpc) is 3.46. The Bertz CT molecular complexity index is 1400. The van der Waals surface area contributed by atoms with Crippen molar-refractivity contribution in [3.05, 3.63) is 44.0 Å². The van der Waals surface area contributed by atoms with Crippen LogP contribution in [-0.4, -0.2) is 29.2 Å². The molecule has 3 N–H and O–H groups in total. The van der Waals surface area contributed by atoms with Crippen LogP contribution in [0.15, 0.2) is 21.9 Å². The van der Waals surface area contributed by atoms with Crippen molar-refractivity contribution in [2.24, 2.45) is 0 Å². The molecule has 3 aromatic heterocycles. The summed E-state index contributed by atoms with van der Waals surface area (Å²) in [5, 5.41) is 27.0. The molecule has 190 valence electrons. The SMILES string of the molecule is CCOC(=O)c1c(NC(=O)CCSc2nc(N)c(C#N)c(-c3ccsc3)c2C#N)sc2c1CCCCC2. The summed E-state index contributed by atoms with van der Waals surface area (Å²) in [6.45, 7) is 2.03. The van der Waals surface area contributed by atoms with E-state index in [0.717, 1.165) is 48.1 Å². The van der Waals surface area contributed by atoms with Crippen molar-refractivity contribution < 1.29 is 14.3 Å². The second-order valence-electron chi connectivity index (χ2n) is 8.30. The number of rotatable bonds is 8. The fourth-order valence-electron chi connectivity index (χ4n) is 4.28. The van der Waals surface area contributed by atoms with Gasteiger partial charge >= 0.3 is 5.97 Å². The number of carbonyl (C=O) groups is 2. The molecule has 0 saturated heterocycles. The summed E-state index contributed by atoms with van der Waals surface area (Å²) in [6, 6.07) is 6.05. The number of nitriles is 2. The molecule has 1 aliphatic rings. The maximum absolute atomic E-state index is 12.9. The van der Waals surface area contributed by atoms with Gasteiger partial charge in [0.15, 0.2) is 0 Å². The molecular formula is C26H25N5O3S3. The lowest BCUT2D eigenvalue weighted by Crippen LogP contribution is -2.15. The molecule has 0 bridgehead atoms. The summed E-state index contributed by atoms with van der Waals surface area (Å²) in [4.78, 5) is 31.0. The second kappa shape index (κ2) is 12.2. The number of pyridine rings is 1. The molecule has 0 spiro atoms. The van der Waals surface area contributed by atoms with Crippen LogP contribution in [0.4, 0.5) is 10.8 Å². The Labute approximate surface area is 227 Å². The Morgan fingerprint density at radius 3 is 2.70 bits per heavy atom. The van der Waals surface area contributed by atoms with Crippen LogP contribution in [0.1, 0.15) is 64.5 Å². The first-order valence-corrected chi connectivity index (χ1v) is 14.6. The predicted octanol–water partition coefficient (Wildman–Crippen LogP) is 5.76. The van der Waals surface area contributed by atoms with Crippen molar-refractivity contribution in [3.8, 4) is 23.3 Å². The molecule has 0 aliphatic heterocycles. The van der Waals surface area contributed by atoms with E-state index in [1.165, 1.54) is 34.4 Å². The van der Waals surface area contributed by atoms with Crippen LogP contribution in [0.25, 0.3) is 11.1 Å². The van der Waals surface area contributed by atoms with E-state index in [2.05, 4.69) is 22.4 Å². The first-order chi connectivity index (χ1) is 18.0. The molecule has 0 saturated carbocycles. The summed E-state index contributed by atoms with van der Waals surface area (Å²) in [6.07, 6.45) is 5.03. The van der Waals surface area contributed by atoms with Crippen molar-refractivity contribution in [2.75, 3.05) is 23.4 Å². The molecule has 0 atom stereocenters. The van der Waals surface area contributed by atoms with Crippen LogP contribution < -0.4 is 11.1 Å². The molecule has 8 nitrogen and oxygen atoms in total. The zero-order chi connectivity index (χ0) is 26.4. The number of hydrogen-bond acceptors (Lipinski definition) is 10. The highest BCUT2D eigenvalue weighted by molar-refractivity contribution is 7.99. The first-order valence-electron chi connectivity index (χ1n) is 11.9. The maximum Gasteiger partial charge on any atom is 0.341 e. The quantitative estimate of drug-likeness (QED) is 0.204. The van der Waals surface area contributed by atoms with Crippen LogP contribution in [0, 0.1) is 22.7 Å². The van der Waals surface area contributed by atoms with Gasteiger partial charge in [0, 0.05) is 22.6 Å². The normalized spacial score (nSPS) is 12.6. The number of aryl methyl sites for hydroxylation is 1. The lowest BCUT2D eigenvalue weighted by Gasteiger charge is -2.12. The van der Waals surface area contributed by atoms with E-state index < -0.39 is 5.97 Å². The number of ether oxygens (including phenoxy) is 1. The minimum atomic E-state index is -0.400. The molecular weight excluding hydrogens is 527 g/mol. The van der Waals surface area contributed by atoms with Crippen LogP contribution in [-0.2, 0) is 22.4 Å². The third-order valence-corrected chi connectivity index (χ3v) is 8.81. The maximum atomic E-state index is 12.9. The highest BCUT2D eigenvalue weighted by Gasteiger charge is 2.27. The summed E-state index contributed by atoms with van der Waals surface area (Å²) in [5.74, 6) is -0.258. The minimum Gasteiger partial charge on any atom is -0.462 e. The number of nitrogens with two attached hydrogens (primary N) is 1. The third-order valence-electron chi connectivity index (χ3n) is 5.95. The lowest BCUT2D eigenvalue weighted by molar-refractivity contribution is -0.115. The van der Waals surface area contributed by atoms with Crippen LogP contribution >= 0.6 is 34.4 Å². The van der Waals surface area contributed by atoms with Crippen LogP contribution in [0.5, 0.6) is 0 Å². The molecule has 0 radical (unpaired) electrons. The number of fused-ring (bicyclic) bond motifs is 1. The highest BCUT2D eigenvalue weighted by Crippen LogP contribution is 2.39. The Kier molecular flexibility index (Phi) is 8.82. The number of anilines is 2. The number of nitrogens with one attached hydrogen (secondary N) is 1. The third kappa shape index (κ3) is 5.80. The van der Waals surface area contributed by atoms with Crippen molar-refractivity contribution in [1.29, 1.82) is 10.5 Å². The number of aromatic nitrogens is 1. The van der Waals surface area contributed by atoms with E-state index in [4.69, 9.17) is 10.5 Å². The minimum absolute atomic E-state index is 0.0498.